The molecule has 0 fully saturated rings. The second-order valence-corrected chi connectivity index (χ2v) is 4.67. The molecule has 24 heavy (non-hydrogen) atoms. The van der Waals surface area contributed by atoms with Gasteiger partial charge in [0, 0.05) is 13.1 Å². The number of aromatic nitrogens is 1. The number of rotatable bonds is 7. The lowest BCUT2D eigenvalue weighted by atomic mass is 10.2. The first kappa shape index (κ1) is 19.5. The van der Waals surface area contributed by atoms with E-state index < -0.39 is 12.3 Å². The molecule has 134 valence electrons. The Morgan fingerprint density at radius 2 is 1.54 bits per heavy atom. The summed E-state index contributed by atoms with van der Waals surface area (Å²) in [6.45, 7) is 10.9. The summed E-state index contributed by atoms with van der Waals surface area (Å²) in [5.74, 6) is 0.486. The fourth-order valence-electron chi connectivity index (χ4n) is 2.02. The number of aryl methyl sites for hydroxylation is 1. The topological polar surface area (TPSA) is 87.2 Å². The maximum atomic E-state index is 11.6. The van der Waals surface area contributed by atoms with Gasteiger partial charge < -0.3 is 23.8 Å². The van der Waals surface area contributed by atoms with Crippen LogP contribution in [0.2, 0.25) is 0 Å². The highest BCUT2D eigenvalue weighted by Crippen LogP contribution is 2.32. The zero-order valence-electron chi connectivity index (χ0n) is 14.7. The SMILES string of the molecule is CCOC(=O)Oc1cc(C)c(N(CC)CC)nc1OC(=O)OCC. The van der Waals surface area contributed by atoms with Crippen molar-refractivity contribution in [1.29, 1.82) is 0 Å². The lowest BCUT2D eigenvalue weighted by Gasteiger charge is -2.23. The van der Waals surface area contributed by atoms with Crippen LogP contribution in [-0.2, 0) is 9.47 Å². The third-order valence-corrected chi connectivity index (χ3v) is 3.08. The minimum absolute atomic E-state index is 0.00471. The molecule has 1 rings (SSSR count). The number of pyridine rings is 1. The smallest absolute Gasteiger partial charge is 0.434 e. The van der Waals surface area contributed by atoms with Crippen molar-refractivity contribution in [3.8, 4) is 11.6 Å². The molecule has 1 heterocycles. The van der Waals surface area contributed by atoms with Gasteiger partial charge in [0.2, 0.25) is 0 Å². The molecule has 0 radical (unpaired) electrons. The van der Waals surface area contributed by atoms with E-state index in [9.17, 15) is 9.59 Å². The Hall–Kier alpha value is -2.51. The summed E-state index contributed by atoms with van der Waals surface area (Å²) in [5, 5.41) is 0. The first-order chi connectivity index (χ1) is 11.5. The van der Waals surface area contributed by atoms with Gasteiger partial charge >= 0.3 is 12.3 Å². The first-order valence-electron chi connectivity index (χ1n) is 7.92. The van der Waals surface area contributed by atoms with Crippen molar-refractivity contribution < 1.29 is 28.5 Å². The minimum atomic E-state index is -0.923. The van der Waals surface area contributed by atoms with Gasteiger partial charge in [-0.25, -0.2) is 9.59 Å². The molecule has 1 aromatic rings. The molecule has 0 amide bonds. The van der Waals surface area contributed by atoms with Crippen LogP contribution in [0.4, 0.5) is 15.4 Å². The number of hydrogen-bond acceptors (Lipinski definition) is 8. The van der Waals surface area contributed by atoms with Crippen molar-refractivity contribution in [2.45, 2.75) is 34.6 Å². The number of nitrogens with zero attached hydrogens (tertiary/aromatic N) is 2. The zero-order chi connectivity index (χ0) is 18.1. The number of ether oxygens (including phenoxy) is 4. The highest BCUT2D eigenvalue weighted by atomic mass is 16.7. The molecular formula is C16H24N2O6. The van der Waals surface area contributed by atoms with E-state index in [-0.39, 0.29) is 24.8 Å². The summed E-state index contributed by atoms with van der Waals surface area (Å²) in [7, 11) is 0. The molecule has 0 atom stereocenters. The third-order valence-electron chi connectivity index (χ3n) is 3.08. The van der Waals surface area contributed by atoms with E-state index in [4.69, 9.17) is 18.9 Å². The van der Waals surface area contributed by atoms with E-state index in [1.54, 1.807) is 19.9 Å². The molecule has 0 unspecified atom stereocenters. The number of carbonyl (C=O) groups is 2. The number of anilines is 1. The summed E-state index contributed by atoms with van der Waals surface area (Å²) >= 11 is 0. The molecule has 0 spiro atoms. The van der Waals surface area contributed by atoms with Crippen LogP contribution >= 0.6 is 0 Å². The van der Waals surface area contributed by atoms with Crippen molar-refractivity contribution in [2.24, 2.45) is 0 Å². The normalized spacial score (nSPS) is 10.0. The van der Waals surface area contributed by atoms with Crippen LogP contribution in [0.5, 0.6) is 11.6 Å². The van der Waals surface area contributed by atoms with Crippen LogP contribution in [0.25, 0.3) is 0 Å². The van der Waals surface area contributed by atoms with Gasteiger partial charge in [0.15, 0.2) is 5.75 Å². The van der Waals surface area contributed by atoms with Crippen LogP contribution < -0.4 is 14.4 Å². The van der Waals surface area contributed by atoms with Crippen LogP contribution in [-0.4, -0.2) is 43.6 Å². The van der Waals surface area contributed by atoms with Crippen molar-refractivity contribution in [1.82, 2.24) is 4.98 Å². The monoisotopic (exact) mass is 340 g/mol. The highest BCUT2D eigenvalue weighted by molar-refractivity contribution is 5.69. The summed E-state index contributed by atoms with van der Waals surface area (Å²) in [6.07, 6.45) is -1.82. The first-order valence-corrected chi connectivity index (χ1v) is 7.92. The largest absolute Gasteiger partial charge is 0.515 e. The van der Waals surface area contributed by atoms with E-state index in [1.165, 1.54) is 0 Å². The second kappa shape index (κ2) is 9.59. The Balaban J connectivity index is 3.21. The van der Waals surface area contributed by atoms with Crippen LogP contribution in [0.3, 0.4) is 0 Å². The van der Waals surface area contributed by atoms with Gasteiger partial charge in [0.25, 0.3) is 5.88 Å². The fraction of sp³-hybridized carbons (Fsp3) is 0.562. The summed E-state index contributed by atoms with van der Waals surface area (Å²) in [4.78, 5) is 29.5. The van der Waals surface area contributed by atoms with Gasteiger partial charge in [0.1, 0.15) is 5.82 Å². The molecule has 8 heteroatoms. The van der Waals surface area contributed by atoms with Crippen molar-refractivity contribution in [2.75, 3.05) is 31.2 Å². The molecule has 0 aliphatic carbocycles. The summed E-state index contributed by atoms with van der Waals surface area (Å²) in [6, 6.07) is 1.58. The molecule has 8 nitrogen and oxygen atoms in total. The van der Waals surface area contributed by atoms with Gasteiger partial charge in [-0.1, -0.05) is 0 Å². The summed E-state index contributed by atoms with van der Waals surface area (Å²) in [5.41, 5.74) is 0.772. The molecule has 0 aromatic carbocycles. The van der Waals surface area contributed by atoms with Crippen molar-refractivity contribution in [3.05, 3.63) is 11.6 Å². The molecule has 0 saturated carbocycles. The van der Waals surface area contributed by atoms with Gasteiger partial charge in [0.05, 0.1) is 13.2 Å². The number of hydrogen-bond donors (Lipinski definition) is 0. The van der Waals surface area contributed by atoms with Gasteiger partial charge in [-0.3, -0.25) is 0 Å². The average Bonchev–Trinajstić information content (AvgIpc) is 2.52. The molecule has 1 aromatic heterocycles. The molecule has 0 saturated heterocycles. The van der Waals surface area contributed by atoms with Gasteiger partial charge in [-0.2, -0.15) is 4.98 Å². The predicted molar refractivity (Wildman–Crippen MR) is 87.8 cm³/mol. The minimum Gasteiger partial charge on any atom is -0.434 e. The lowest BCUT2D eigenvalue weighted by molar-refractivity contribution is 0.0925. The van der Waals surface area contributed by atoms with E-state index in [2.05, 4.69) is 4.98 Å². The molecule has 0 bridgehead atoms. The fourth-order valence-corrected chi connectivity index (χ4v) is 2.02. The van der Waals surface area contributed by atoms with Crippen molar-refractivity contribution in [3.63, 3.8) is 0 Å². The van der Waals surface area contributed by atoms with E-state index in [0.717, 1.165) is 18.7 Å². The Morgan fingerprint density at radius 1 is 1.00 bits per heavy atom. The molecule has 0 aliphatic heterocycles. The molecular weight excluding hydrogens is 316 g/mol. The predicted octanol–water partition coefficient (Wildman–Crippen LogP) is 3.31. The van der Waals surface area contributed by atoms with Crippen molar-refractivity contribution >= 4 is 18.1 Å². The van der Waals surface area contributed by atoms with Gasteiger partial charge in [-0.05, 0) is 46.2 Å². The quantitative estimate of drug-likeness (QED) is 0.699. The van der Waals surface area contributed by atoms with Gasteiger partial charge in [-0.15, -0.1) is 0 Å². The summed E-state index contributed by atoms with van der Waals surface area (Å²) < 4.78 is 19.6. The van der Waals surface area contributed by atoms with E-state index >= 15 is 0 Å². The average molecular weight is 340 g/mol. The maximum Gasteiger partial charge on any atom is 0.515 e. The van der Waals surface area contributed by atoms with E-state index in [1.807, 2.05) is 25.7 Å². The van der Waals surface area contributed by atoms with E-state index in [0.29, 0.717) is 5.82 Å². The molecule has 0 N–H and O–H groups in total. The third kappa shape index (κ3) is 5.29. The maximum absolute atomic E-state index is 11.6. The Kier molecular flexibility index (Phi) is 7.81. The Morgan fingerprint density at radius 3 is 2.04 bits per heavy atom. The van der Waals surface area contributed by atoms with Crippen LogP contribution in [0.1, 0.15) is 33.3 Å². The second-order valence-electron chi connectivity index (χ2n) is 4.67. The van der Waals surface area contributed by atoms with Crippen LogP contribution in [0.15, 0.2) is 6.07 Å². The zero-order valence-corrected chi connectivity index (χ0v) is 14.7. The Bertz CT molecular complexity index is 572. The lowest BCUT2D eigenvalue weighted by Crippen LogP contribution is -2.25. The standard InChI is InChI=1S/C16H24N2O6/c1-6-18(7-2)13-11(5)10-12(23-15(19)21-8-3)14(17-13)24-16(20)22-9-4/h10H,6-9H2,1-5H3. The van der Waals surface area contributed by atoms with Crippen LogP contribution in [0, 0.1) is 6.92 Å². The Labute approximate surface area is 141 Å². The highest BCUT2D eigenvalue weighted by Gasteiger charge is 2.21. The number of carbonyl (C=O) groups excluding carboxylic acids is 2. The molecule has 0 aliphatic rings.